The number of anilines is 1. The monoisotopic (exact) mass is 262 g/mol. The van der Waals surface area contributed by atoms with Crippen molar-refractivity contribution in [3.8, 4) is 0 Å². The van der Waals surface area contributed by atoms with Crippen LogP contribution in [0.2, 0.25) is 0 Å². The van der Waals surface area contributed by atoms with Gasteiger partial charge in [0.1, 0.15) is 0 Å². The lowest BCUT2D eigenvalue weighted by atomic mass is 10.1. The zero-order valence-electron chi connectivity index (χ0n) is 10.1. The van der Waals surface area contributed by atoms with Gasteiger partial charge < -0.3 is 20.6 Å². The van der Waals surface area contributed by atoms with Crippen LogP contribution in [0.1, 0.15) is 10.5 Å². The minimum Gasteiger partial charge on any atom is -0.477 e. The van der Waals surface area contributed by atoms with Crippen molar-refractivity contribution in [2.24, 2.45) is 0 Å². The molecule has 2 aromatic rings. The number of benzene rings is 1. The van der Waals surface area contributed by atoms with Gasteiger partial charge in [-0.05, 0) is 12.1 Å². The van der Waals surface area contributed by atoms with Crippen molar-refractivity contribution in [3.63, 3.8) is 0 Å². The van der Waals surface area contributed by atoms with Crippen molar-refractivity contribution in [1.82, 2.24) is 4.98 Å². The van der Waals surface area contributed by atoms with Crippen LogP contribution < -0.4 is 5.32 Å². The summed E-state index contributed by atoms with van der Waals surface area (Å²) in [5.41, 5.74) is 0.978. The van der Waals surface area contributed by atoms with E-state index < -0.39 is 12.0 Å². The first-order chi connectivity index (χ1) is 9.15. The molecule has 0 bridgehead atoms. The summed E-state index contributed by atoms with van der Waals surface area (Å²) in [6.45, 7) is -0.509. The molecule has 1 heterocycles. The van der Waals surface area contributed by atoms with Gasteiger partial charge in [-0.2, -0.15) is 0 Å². The number of aliphatic hydroxyl groups is 2. The Bertz CT molecular complexity index is 596. The van der Waals surface area contributed by atoms with Crippen molar-refractivity contribution in [2.75, 3.05) is 18.5 Å². The van der Waals surface area contributed by atoms with E-state index in [4.69, 9.17) is 15.3 Å². The standard InChI is InChI=1S/C13H14N2O4/c16-6-8(7-17)14-11-5-12(13(18)19)15-10-4-2-1-3-9(10)11/h1-5,8,16-17H,6-7H2,(H,14,15)(H,18,19). The third-order valence-electron chi connectivity index (χ3n) is 2.74. The van der Waals surface area contributed by atoms with Crippen LogP contribution in [0.5, 0.6) is 0 Å². The largest absolute Gasteiger partial charge is 0.477 e. The molecule has 100 valence electrons. The highest BCUT2D eigenvalue weighted by atomic mass is 16.4. The number of carboxylic acids is 1. The number of nitrogens with one attached hydrogen (secondary N) is 1. The topological polar surface area (TPSA) is 103 Å². The number of hydrogen-bond donors (Lipinski definition) is 4. The molecule has 19 heavy (non-hydrogen) atoms. The van der Waals surface area contributed by atoms with E-state index in [1.165, 1.54) is 6.07 Å². The Hall–Kier alpha value is -2.18. The zero-order valence-corrected chi connectivity index (χ0v) is 10.1. The molecule has 1 aromatic heterocycles. The predicted octanol–water partition coefficient (Wildman–Crippen LogP) is 0.698. The average Bonchev–Trinajstić information content (AvgIpc) is 2.44. The Kier molecular flexibility index (Phi) is 3.94. The highest BCUT2D eigenvalue weighted by Crippen LogP contribution is 2.23. The number of fused-ring (bicyclic) bond motifs is 1. The van der Waals surface area contributed by atoms with Gasteiger partial charge in [-0.25, -0.2) is 9.78 Å². The Morgan fingerprint density at radius 2 is 1.95 bits per heavy atom. The molecule has 0 fully saturated rings. The van der Waals surface area contributed by atoms with Crippen LogP contribution in [-0.4, -0.2) is 45.5 Å². The molecule has 0 aliphatic carbocycles. The Balaban J connectivity index is 2.53. The van der Waals surface area contributed by atoms with E-state index in [2.05, 4.69) is 10.3 Å². The molecule has 0 spiro atoms. The molecular weight excluding hydrogens is 248 g/mol. The van der Waals surface area contributed by atoms with E-state index in [0.717, 1.165) is 5.39 Å². The lowest BCUT2D eigenvalue weighted by Crippen LogP contribution is -2.28. The second-order valence-corrected chi connectivity index (χ2v) is 4.08. The predicted molar refractivity (Wildman–Crippen MR) is 70.3 cm³/mol. The summed E-state index contributed by atoms with van der Waals surface area (Å²) >= 11 is 0. The minimum atomic E-state index is -1.13. The van der Waals surface area contributed by atoms with Crippen molar-refractivity contribution in [1.29, 1.82) is 0 Å². The summed E-state index contributed by atoms with van der Waals surface area (Å²) in [7, 11) is 0. The van der Waals surface area contributed by atoms with Gasteiger partial charge in [-0.3, -0.25) is 0 Å². The molecule has 0 atom stereocenters. The van der Waals surface area contributed by atoms with Crippen LogP contribution in [0.3, 0.4) is 0 Å². The Labute approximate surface area is 109 Å². The maximum absolute atomic E-state index is 11.0. The molecule has 1 aromatic carbocycles. The third-order valence-corrected chi connectivity index (χ3v) is 2.74. The first-order valence-electron chi connectivity index (χ1n) is 5.77. The van der Waals surface area contributed by atoms with Gasteiger partial charge in [0.25, 0.3) is 0 Å². The number of nitrogens with zero attached hydrogens (tertiary/aromatic N) is 1. The average molecular weight is 262 g/mol. The van der Waals surface area contributed by atoms with Gasteiger partial charge in [-0.1, -0.05) is 18.2 Å². The number of aromatic carboxylic acids is 1. The van der Waals surface area contributed by atoms with E-state index >= 15 is 0 Å². The smallest absolute Gasteiger partial charge is 0.354 e. The van der Waals surface area contributed by atoms with E-state index in [9.17, 15) is 4.79 Å². The molecule has 0 aliphatic heterocycles. The number of aliphatic hydroxyl groups excluding tert-OH is 2. The van der Waals surface area contributed by atoms with Gasteiger partial charge in [0.05, 0.1) is 24.8 Å². The molecule has 0 saturated heterocycles. The Morgan fingerprint density at radius 3 is 2.58 bits per heavy atom. The lowest BCUT2D eigenvalue weighted by molar-refractivity contribution is 0.0691. The summed E-state index contributed by atoms with van der Waals surface area (Å²) in [6.07, 6.45) is 0. The maximum atomic E-state index is 11.0. The molecule has 0 aliphatic rings. The SMILES string of the molecule is O=C(O)c1cc(NC(CO)CO)c2ccccc2n1. The highest BCUT2D eigenvalue weighted by molar-refractivity contribution is 5.97. The molecular formula is C13H14N2O4. The number of carbonyl (C=O) groups is 1. The van der Waals surface area contributed by atoms with E-state index in [1.54, 1.807) is 18.2 Å². The van der Waals surface area contributed by atoms with Crippen LogP contribution in [0.15, 0.2) is 30.3 Å². The molecule has 6 heteroatoms. The fourth-order valence-corrected chi connectivity index (χ4v) is 1.77. The van der Waals surface area contributed by atoms with Crippen LogP contribution >= 0.6 is 0 Å². The van der Waals surface area contributed by atoms with Crippen LogP contribution in [0, 0.1) is 0 Å². The number of carboxylic acid groups (broad SMARTS) is 1. The van der Waals surface area contributed by atoms with Crippen LogP contribution in [0.25, 0.3) is 10.9 Å². The summed E-state index contributed by atoms with van der Waals surface area (Å²) in [5, 5.41) is 30.8. The minimum absolute atomic E-state index is 0.0872. The van der Waals surface area contributed by atoms with Gasteiger partial charge >= 0.3 is 5.97 Å². The zero-order chi connectivity index (χ0) is 13.8. The first-order valence-corrected chi connectivity index (χ1v) is 5.77. The van der Waals surface area contributed by atoms with E-state index in [-0.39, 0.29) is 18.9 Å². The normalized spacial score (nSPS) is 10.9. The van der Waals surface area contributed by atoms with E-state index in [1.807, 2.05) is 6.07 Å². The fourth-order valence-electron chi connectivity index (χ4n) is 1.77. The quantitative estimate of drug-likeness (QED) is 0.632. The summed E-state index contributed by atoms with van der Waals surface area (Å²) in [5.74, 6) is -1.13. The molecule has 0 saturated carbocycles. The summed E-state index contributed by atoms with van der Waals surface area (Å²) in [6, 6.07) is 7.92. The summed E-state index contributed by atoms with van der Waals surface area (Å²) in [4.78, 5) is 15.1. The fraction of sp³-hybridized carbons (Fsp3) is 0.231. The van der Waals surface area contributed by atoms with Crippen molar-refractivity contribution in [3.05, 3.63) is 36.0 Å². The van der Waals surface area contributed by atoms with Gasteiger partial charge in [-0.15, -0.1) is 0 Å². The molecule has 2 rings (SSSR count). The second-order valence-electron chi connectivity index (χ2n) is 4.08. The maximum Gasteiger partial charge on any atom is 0.354 e. The molecule has 0 unspecified atom stereocenters. The number of hydrogen-bond acceptors (Lipinski definition) is 5. The summed E-state index contributed by atoms with van der Waals surface area (Å²) < 4.78 is 0. The van der Waals surface area contributed by atoms with Gasteiger partial charge in [0, 0.05) is 11.1 Å². The van der Waals surface area contributed by atoms with E-state index in [0.29, 0.717) is 11.2 Å². The van der Waals surface area contributed by atoms with Gasteiger partial charge in [0.2, 0.25) is 0 Å². The van der Waals surface area contributed by atoms with Crippen LogP contribution in [-0.2, 0) is 0 Å². The number of aromatic nitrogens is 1. The Morgan fingerprint density at radius 1 is 1.26 bits per heavy atom. The highest BCUT2D eigenvalue weighted by Gasteiger charge is 2.13. The van der Waals surface area contributed by atoms with Crippen molar-refractivity contribution < 1.29 is 20.1 Å². The molecule has 0 radical (unpaired) electrons. The number of pyridine rings is 1. The van der Waals surface area contributed by atoms with Gasteiger partial charge in [0.15, 0.2) is 5.69 Å². The van der Waals surface area contributed by atoms with Crippen LogP contribution in [0.4, 0.5) is 5.69 Å². The lowest BCUT2D eigenvalue weighted by Gasteiger charge is -2.16. The number of para-hydroxylation sites is 1. The molecule has 4 N–H and O–H groups in total. The molecule has 0 amide bonds. The first kappa shape index (κ1) is 13.3. The van der Waals surface area contributed by atoms with Crippen molar-refractivity contribution in [2.45, 2.75) is 6.04 Å². The van der Waals surface area contributed by atoms with Crippen molar-refractivity contribution >= 4 is 22.6 Å². The third kappa shape index (κ3) is 2.81. The second kappa shape index (κ2) is 5.64. The number of rotatable bonds is 5. The molecule has 6 nitrogen and oxygen atoms in total.